The lowest BCUT2D eigenvalue weighted by atomic mass is 10.2. The number of aliphatic carboxylic acids is 2. The van der Waals surface area contributed by atoms with Gasteiger partial charge in [0, 0.05) is 0 Å². The average Bonchev–Trinajstić information content (AvgIpc) is 2.87. The van der Waals surface area contributed by atoms with Crippen molar-refractivity contribution in [3.8, 4) is 0 Å². The Morgan fingerprint density at radius 1 is 0.833 bits per heavy atom. The number of rotatable bonds is 2. The van der Waals surface area contributed by atoms with Crippen molar-refractivity contribution in [3.05, 3.63) is 71.9 Å². The summed E-state index contributed by atoms with van der Waals surface area (Å²) in [7, 11) is 0. The van der Waals surface area contributed by atoms with Crippen LogP contribution < -0.4 is 0 Å². The highest BCUT2D eigenvalue weighted by Crippen LogP contribution is 2.15. The van der Waals surface area contributed by atoms with Crippen molar-refractivity contribution in [3.63, 3.8) is 0 Å². The van der Waals surface area contributed by atoms with E-state index in [1.807, 2.05) is 0 Å². The largest absolute Gasteiger partial charge is 0.478 e. The SMILES string of the molecule is C=C1C=CC=C1C(=O)O.C=C1C=CC=C1C(=O)O. The maximum atomic E-state index is 10.2. The molecule has 0 atom stereocenters. The minimum Gasteiger partial charge on any atom is -0.478 e. The Labute approximate surface area is 104 Å². The van der Waals surface area contributed by atoms with Crippen molar-refractivity contribution in [2.45, 2.75) is 0 Å². The third kappa shape index (κ3) is 3.18. The first-order chi connectivity index (χ1) is 8.43. The van der Waals surface area contributed by atoms with Gasteiger partial charge in [0.1, 0.15) is 0 Å². The number of carboxylic acid groups (broad SMARTS) is 2. The first-order valence-corrected chi connectivity index (χ1v) is 5.05. The third-order valence-corrected chi connectivity index (χ3v) is 2.27. The quantitative estimate of drug-likeness (QED) is 0.781. The van der Waals surface area contributed by atoms with Crippen molar-refractivity contribution < 1.29 is 19.8 Å². The Bertz CT molecular complexity index is 492. The Morgan fingerprint density at radius 3 is 1.28 bits per heavy atom. The van der Waals surface area contributed by atoms with E-state index < -0.39 is 11.9 Å². The molecule has 92 valence electrons. The van der Waals surface area contributed by atoms with Crippen molar-refractivity contribution in [2.24, 2.45) is 0 Å². The molecule has 0 heterocycles. The second-order valence-electron chi connectivity index (χ2n) is 3.54. The molecular formula is C14H12O4. The van der Waals surface area contributed by atoms with Crippen LogP contribution in [0.2, 0.25) is 0 Å². The molecule has 2 rings (SSSR count). The van der Waals surface area contributed by atoms with Gasteiger partial charge in [0.2, 0.25) is 0 Å². The molecule has 18 heavy (non-hydrogen) atoms. The van der Waals surface area contributed by atoms with Gasteiger partial charge in [-0.15, -0.1) is 0 Å². The fraction of sp³-hybridized carbons (Fsp3) is 0. The summed E-state index contributed by atoms with van der Waals surface area (Å²) in [5, 5.41) is 16.8. The molecule has 0 unspecified atom stereocenters. The van der Waals surface area contributed by atoms with Gasteiger partial charge < -0.3 is 10.2 Å². The van der Waals surface area contributed by atoms with Gasteiger partial charge in [-0.1, -0.05) is 37.5 Å². The maximum absolute atomic E-state index is 10.2. The molecule has 0 radical (unpaired) electrons. The Kier molecular flexibility index (Phi) is 4.21. The number of hydrogen-bond donors (Lipinski definition) is 2. The van der Waals surface area contributed by atoms with Crippen molar-refractivity contribution in [1.82, 2.24) is 0 Å². The second kappa shape index (κ2) is 5.63. The molecule has 0 saturated carbocycles. The van der Waals surface area contributed by atoms with E-state index in [4.69, 9.17) is 10.2 Å². The number of allylic oxidation sites excluding steroid dienone is 6. The lowest BCUT2D eigenvalue weighted by Gasteiger charge is -1.92. The van der Waals surface area contributed by atoms with Gasteiger partial charge >= 0.3 is 11.9 Å². The van der Waals surface area contributed by atoms with Crippen LogP contribution in [-0.4, -0.2) is 22.2 Å². The third-order valence-electron chi connectivity index (χ3n) is 2.27. The highest BCUT2D eigenvalue weighted by Gasteiger charge is 2.11. The van der Waals surface area contributed by atoms with Gasteiger partial charge in [0.05, 0.1) is 11.1 Å². The first kappa shape index (κ1) is 13.4. The zero-order chi connectivity index (χ0) is 13.7. The molecule has 2 aliphatic carbocycles. The molecular weight excluding hydrogens is 232 g/mol. The second-order valence-corrected chi connectivity index (χ2v) is 3.54. The molecule has 0 amide bonds. The summed E-state index contributed by atoms with van der Waals surface area (Å²) in [6.45, 7) is 7.04. The summed E-state index contributed by atoms with van der Waals surface area (Å²) >= 11 is 0. The van der Waals surface area contributed by atoms with E-state index in [0.29, 0.717) is 11.1 Å². The fourth-order valence-corrected chi connectivity index (χ4v) is 1.33. The molecule has 0 aliphatic heterocycles. The minimum absolute atomic E-state index is 0.287. The van der Waals surface area contributed by atoms with Gasteiger partial charge in [0.25, 0.3) is 0 Å². The molecule has 0 saturated heterocycles. The summed E-state index contributed by atoms with van der Waals surface area (Å²) in [5.74, 6) is -1.82. The lowest BCUT2D eigenvalue weighted by molar-refractivity contribution is -0.133. The van der Waals surface area contributed by atoms with Crippen LogP contribution in [0.5, 0.6) is 0 Å². The van der Waals surface area contributed by atoms with Crippen molar-refractivity contribution >= 4 is 11.9 Å². The lowest BCUT2D eigenvalue weighted by Crippen LogP contribution is -1.98. The van der Waals surface area contributed by atoms with E-state index in [0.717, 1.165) is 0 Å². The van der Waals surface area contributed by atoms with E-state index in [9.17, 15) is 9.59 Å². The van der Waals surface area contributed by atoms with Crippen LogP contribution in [0.15, 0.2) is 71.9 Å². The molecule has 4 nitrogen and oxygen atoms in total. The molecule has 4 heteroatoms. The highest BCUT2D eigenvalue weighted by molar-refractivity contribution is 5.94. The van der Waals surface area contributed by atoms with Gasteiger partial charge in [-0.2, -0.15) is 0 Å². The van der Waals surface area contributed by atoms with Crippen molar-refractivity contribution in [1.29, 1.82) is 0 Å². The molecule has 0 fully saturated rings. The van der Waals surface area contributed by atoms with Crippen LogP contribution in [0.3, 0.4) is 0 Å². The highest BCUT2D eigenvalue weighted by atomic mass is 16.4. The molecule has 0 spiro atoms. The summed E-state index contributed by atoms with van der Waals surface area (Å²) in [6.07, 6.45) is 9.75. The molecule has 0 aromatic rings. The summed E-state index contributed by atoms with van der Waals surface area (Å²) in [5.41, 5.74) is 1.72. The topological polar surface area (TPSA) is 74.6 Å². The molecule has 0 aromatic heterocycles. The normalized spacial score (nSPS) is 16.0. The van der Waals surface area contributed by atoms with E-state index in [2.05, 4.69) is 13.2 Å². The summed E-state index contributed by atoms with van der Waals surface area (Å²) in [4.78, 5) is 20.5. The Hall–Kier alpha value is -2.62. The van der Waals surface area contributed by atoms with Gasteiger partial charge in [-0.05, 0) is 23.3 Å². The first-order valence-electron chi connectivity index (χ1n) is 5.05. The summed E-state index contributed by atoms with van der Waals surface area (Å²) < 4.78 is 0. The average molecular weight is 244 g/mol. The van der Waals surface area contributed by atoms with Crippen LogP contribution in [0.25, 0.3) is 0 Å². The number of hydrogen-bond acceptors (Lipinski definition) is 2. The van der Waals surface area contributed by atoms with Crippen LogP contribution in [0.4, 0.5) is 0 Å². The van der Waals surface area contributed by atoms with E-state index in [-0.39, 0.29) is 11.1 Å². The smallest absolute Gasteiger partial charge is 0.336 e. The van der Waals surface area contributed by atoms with Gasteiger partial charge in [-0.25, -0.2) is 9.59 Å². The van der Waals surface area contributed by atoms with Crippen LogP contribution in [0, 0.1) is 0 Å². The molecule has 2 N–H and O–H groups in total. The van der Waals surface area contributed by atoms with Crippen molar-refractivity contribution in [2.75, 3.05) is 0 Å². The molecule has 0 bridgehead atoms. The fourth-order valence-electron chi connectivity index (χ4n) is 1.33. The van der Waals surface area contributed by atoms with E-state index >= 15 is 0 Å². The van der Waals surface area contributed by atoms with E-state index in [1.54, 1.807) is 24.3 Å². The zero-order valence-electron chi connectivity index (χ0n) is 9.59. The van der Waals surface area contributed by atoms with Gasteiger partial charge in [0.15, 0.2) is 0 Å². The molecule has 0 aromatic carbocycles. The van der Waals surface area contributed by atoms with Gasteiger partial charge in [-0.3, -0.25) is 0 Å². The van der Waals surface area contributed by atoms with Crippen LogP contribution in [-0.2, 0) is 9.59 Å². The molecule has 2 aliphatic rings. The monoisotopic (exact) mass is 244 g/mol. The van der Waals surface area contributed by atoms with E-state index in [1.165, 1.54) is 12.2 Å². The summed E-state index contributed by atoms with van der Waals surface area (Å²) in [6, 6.07) is 0. The standard InChI is InChI=1S/2C7H6O2/c2*1-5-3-2-4-6(5)7(8)9/h2*2-4H,1H2,(H,8,9). The zero-order valence-corrected chi connectivity index (χ0v) is 9.59. The number of carbonyl (C=O) groups is 2. The Morgan fingerprint density at radius 2 is 1.17 bits per heavy atom. The van der Waals surface area contributed by atoms with Crippen LogP contribution >= 0.6 is 0 Å². The Balaban J connectivity index is 0.000000180. The maximum Gasteiger partial charge on any atom is 0.336 e. The van der Waals surface area contributed by atoms with Crippen LogP contribution in [0.1, 0.15) is 0 Å². The predicted octanol–water partition coefficient (Wildman–Crippen LogP) is 2.25. The minimum atomic E-state index is -0.912. The number of carboxylic acids is 2. The predicted molar refractivity (Wildman–Crippen MR) is 68.0 cm³/mol.